The first kappa shape index (κ1) is 21.9. The van der Waals surface area contributed by atoms with Gasteiger partial charge in [-0.15, -0.1) is 0 Å². The summed E-state index contributed by atoms with van der Waals surface area (Å²) in [5.74, 6) is 0.293. The van der Waals surface area contributed by atoms with Crippen molar-refractivity contribution in [3.63, 3.8) is 0 Å². The maximum atomic E-state index is 12.0. The number of unbranched alkanes of at least 4 members (excludes halogenated alkanes) is 10. The molecule has 0 aromatic carbocycles. The number of rotatable bonds is 16. The van der Waals surface area contributed by atoms with E-state index in [1.807, 2.05) is 6.92 Å². The van der Waals surface area contributed by atoms with Gasteiger partial charge in [-0.1, -0.05) is 84.5 Å². The molecule has 0 saturated heterocycles. The fourth-order valence-electron chi connectivity index (χ4n) is 2.73. The second kappa shape index (κ2) is 14.5. The molecule has 0 heterocycles. The van der Waals surface area contributed by atoms with Gasteiger partial charge in [0.2, 0.25) is 10.0 Å². The Balaban J connectivity index is 3.59. The van der Waals surface area contributed by atoms with Crippen LogP contribution in [-0.4, -0.2) is 20.2 Å². The third-order valence-electron chi connectivity index (χ3n) is 4.14. The van der Waals surface area contributed by atoms with Crippen molar-refractivity contribution in [2.24, 2.45) is 0 Å². The minimum atomic E-state index is -3.07. The molecule has 0 radical (unpaired) electrons. The second-order valence-electron chi connectivity index (χ2n) is 6.66. The average molecular weight is 334 g/mol. The van der Waals surface area contributed by atoms with Gasteiger partial charge in [0.15, 0.2) is 0 Å². The zero-order valence-corrected chi connectivity index (χ0v) is 16.0. The maximum absolute atomic E-state index is 12.0. The molecule has 134 valence electrons. The van der Waals surface area contributed by atoms with Gasteiger partial charge in [-0.3, -0.25) is 0 Å². The standard InChI is InChI=1S/C18H39NO2S/c1-4-6-8-10-11-12-13-15-17-22(20,21)19-18(3)16-14-9-7-5-2/h18-19H,4-17H2,1-3H3. The van der Waals surface area contributed by atoms with Gasteiger partial charge >= 0.3 is 0 Å². The van der Waals surface area contributed by atoms with Crippen molar-refractivity contribution >= 4 is 10.0 Å². The van der Waals surface area contributed by atoms with Crippen LogP contribution in [0.4, 0.5) is 0 Å². The molecular weight excluding hydrogens is 294 g/mol. The van der Waals surface area contributed by atoms with E-state index in [1.54, 1.807) is 0 Å². The molecule has 0 aromatic rings. The Morgan fingerprint density at radius 3 is 1.73 bits per heavy atom. The van der Waals surface area contributed by atoms with E-state index < -0.39 is 10.0 Å². The highest BCUT2D eigenvalue weighted by Gasteiger charge is 2.13. The van der Waals surface area contributed by atoms with E-state index in [2.05, 4.69) is 18.6 Å². The third kappa shape index (κ3) is 14.8. The summed E-state index contributed by atoms with van der Waals surface area (Å²) in [7, 11) is -3.07. The van der Waals surface area contributed by atoms with Crippen molar-refractivity contribution in [3.8, 4) is 0 Å². The molecule has 0 aromatic heterocycles. The van der Waals surface area contributed by atoms with Crippen LogP contribution in [0.2, 0.25) is 0 Å². The molecule has 0 bridgehead atoms. The Labute approximate surface area is 139 Å². The van der Waals surface area contributed by atoms with Crippen molar-refractivity contribution in [2.75, 3.05) is 5.75 Å². The molecule has 22 heavy (non-hydrogen) atoms. The van der Waals surface area contributed by atoms with Gasteiger partial charge in [0, 0.05) is 6.04 Å². The van der Waals surface area contributed by atoms with Gasteiger partial charge < -0.3 is 0 Å². The van der Waals surface area contributed by atoms with Crippen LogP contribution in [0.15, 0.2) is 0 Å². The van der Waals surface area contributed by atoms with E-state index >= 15 is 0 Å². The normalized spacial score (nSPS) is 13.4. The number of nitrogens with one attached hydrogen (secondary N) is 1. The van der Waals surface area contributed by atoms with Crippen LogP contribution in [0.5, 0.6) is 0 Å². The Morgan fingerprint density at radius 2 is 1.18 bits per heavy atom. The molecule has 0 aliphatic carbocycles. The van der Waals surface area contributed by atoms with E-state index in [-0.39, 0.29) is 6.04 Å². The van der Waals surface area contributed by atoms with Gasteiger partial charge in [0.25, 0.3) is 0 Å². The fourth-order valence-corrected chi connectivity index (χ4v) is 4.16. The van der Waals surface area contributed by atoms with Crippen LogP contribution in [0.25, 0.3) is 0 Å². The molecule has 0 amide bonds. The summed E-state index contributed by atoms with van der Waals surface area (Å²) in [6.07, 6.45) is 15.2. The number of hydrogen-bond donors (Lipinski definition) is 1. The molecule has 0 saturated carbocycles. The van der Waals surface area contributed by atoms with Crippen molar-refractivity contribution < 1.29 is 8.42 Å². The van der Waals surface area contributed by atoms with Gasteiger partial charge in [-0.25, -0.2) is 13.1 Å². The van der Waals surface area contributed by atoms with E-state index in [9.17, 15) is 8.42 Å². The first-order valence-electron chi connectivity index (χ1n) is 9.51. The zero-order valence-electron chi connectivity index (χ0n) is 15.2. The van der Waals surface area contributed by atoms with E-state index in [0.717, 1.165) is 25.7 Å². The molecule has 3 nitrogen and oxygen atoms in total. The lowest BCUT2D eigenvalue weighted by molar-refractivity contribution is 0.518. The number of sulfonamides is 1. The van der Waals surface area contributed by atoms with E-state index in [1.165, 1.54) is 57.8 Å². The minimum Gasteiger partial charge on any atom is -0.212 e. The fraction of sp³-hybridized carbons (Fsp3) is 1.00. The Bertz CT molecular complexity index is 328. The predicted octanol–water partition coefficient (Wildman–Crippen LogP) is 5.41. The monoisotopic (exact) mass is 333 g/mol. The Kier molecular flexibility index (Phi) is 14.4. The molecule has 1 atom stereocenters. The van der Waals surface area contributed by atoms with Crippen LogP contribution in [0.1, 0.15) is 104 Å². The molecule has 0 spiro atoms. The first-order valence-corrected chi connectivity index (χ1v) is 11.2. The summed E-state index contributed by atoms with van der Waals surface area (Å²) in [5.41, 5.74) is 0. The lowest BCUT2D eigenvalue weighted by Gasteiger charge is -2.14. The molecule has 0 aliphatic rings. The van der Waals surface area contributed by atoms with Gasteiger partial charge in [-0.2, -0.15) is 0 Å². The second-order valence-corrected chi connectivity index (χ2v) is 8.54. The third-order valence-corrected chi connectivity index (χ3v) is 5.73. The highest BCUT2D eigenvalue weighted by Crippen LogP contribution is 2.10. The lowest BCUT2D eigenvalue weighted by atomic mass is 10.1. The summed E-state index contributed by atoms with van der Waals surface area (Å²) in [6.45, 7) is 6.40. The molecule has 0 rings (SSSR count). The molecule has 4 heteroatoms. The van der Waals surface area contributed by atoms with E-state index in [0.29, 0.717) is 5.75 Å². The van der Waals surface area contributed by atoms with Crippen molar-refractivity contribution in [1.29, 1.82) is 0 Å². The number of hydrogen-bond acceptors (Lipinski definition) is 2. The molecule has 1 N–H and O–H groups in total. The van der Waals surface area contributed by atoms with Crippen LogP contribution < -0.4 is 4.72 Å². The lowest BCUT2D eigenvalue weighted by Crippen LogP contribution is -2.34. The summed E-state index contributed by atoms with van der Waals surface area (Å²) in [4.78, 5) is 0. The largest absolute Gasteiger partial charge is 0.212 e. The van der Waals surface area contributed by atoms with Crippen molar-refractivity contribution in [3.05, 3.63) is 0 Å². The Morgan fingerprint density at radius 1 is 0.727 bits per heavy atom. The molecule has 0 fully saturated rings. The SMILES string of the molecule is CCCCCCCCCCS(=O)(=O)NC(C)CCCCCC. The van der Waals surface area contributed by atoms with Gasteiger partial charge in [-0.05, 0) is 19.8 Å². The smallest absolute Gasteiger partial charge is 0.211 e. The quantitative estimate of drug-likeness (QED) is 0.384. The minimum absolute atomic E-state index is 0.0795. The predicted molar refractivity (Wildman–Crippen MR) is 97.8 cm³/mol. The van der Waals surface area contributed by atoms with Crippen molar-refractivity contribution in [2.45, 2.75) is 110 Å². The first-order chi connectivity index (χ1) is 10.5. The zero-order chi connectivity index (χ0) is 16.7. The van der Waals surface area contributed by atoms with Crippen LogP contribution >= 0.6 is 0 Å². The summed E-state index contributed by atoms with van der Waals surface area (Å²) >= 11 is 0. The van der Waals surface area contributed by atoms with Crippen LogP contribution in [0, 0.1) is 0 Å². The summed E-state index contributed by atoms with van der Waals surface area (Å²) < 4.78 is 26.8. The topological polar surface area (TPSA) is 46.2 Å². The van der Waals surface area contributed by atoms with Crippen LogP contribution in [0.3, 0.4) is 0 Å². The maximum Gasteiger partial charge on any atom is 0.211 e. The highest BCUT2D eigenvalue weighted by molar-refractivity contribution is 7.89. The molecule has 1 unspecified atom stereocenters. The van der Waals surface area contributed by atoms with Gasteiger partial charge in [0.05, 0.1) is 5.75 Å². The van der Waals surface area contributed by atoms with Crippen molar-refractivity contribution in [1.82, 2.24) is 4.72 Å². The summed E-state index contributed by atoms with van der Waals surface area (Å²) in [5, 5.41) is 0. The summed E-state index contributed by atoms with van der Waals surface area (Å²) in [6, 6.07) is 0.0795. The molecular formula is C18H39NO2S. The van der Waals surface area contributed by atoms with E-state index in [4.69, 9.17) is 0 Å². The Hall–Kier alpha value is -0.0900. The van der Waals surface area contributed by atoms with Gasteiger partial charge in [0.1, 0.15) is 0 Å². The average Bonchev–Trinajstić information content (AvgIpc) is 2.46. The van der Waals surface area contributed by atoms with Crippen LogP contribution in [-0.2, 0) is 10.0 Å². The highest BCUT2D eigenvalue weighted by atomic mass is 32.2. The molecule has 0 aliphatic heterocycles.